The molecule has 4 heteroatoms. The minimum Gasteiger partial charge on any atom is -0.464 e. The van der Waals surface area contributed by atoms with Gasteiger partial charge in [-0.1, -0.05) is 13.8 Å². The van der Waals surface area contributed by atoms with Gasteiger partial charge in [0.15, 0.2) is 0 Å². The van der Waals surface area contributed by atoms with E-state index in [0.717, 1.165) is 17.3 Å². The number of hydrogen-bond acceptors (Lipinski definition) is 2. The lowest BCUT2D eigenvalue weighted by Crippen LogP contribution is -2.19. The lowest BCUT2D eigenvalue weighted by molar-refractivity contribution is -0.147. The van der Waals surface area contributed by atoms with Crippen LogP contribution in [0.5, 0.6) is 0 Å². The van der Waals surface area contributed by atoms with Crippen LogP contribution < -0.4 is 0 Å². The van der Waals surface area contributed by atoms with Crippen LogP contribution in [0.25, 0.3) is 10.9 Å². The fourth-order valence-electron chi connectivity index (χ4n) is 2.10. The highest BCUT2D eigenvalue weighted by molar-refractivity contribution is 5.83. The Bertz CT molecular complexity index is 604. The number of aromatic nitrogens is 1. The molecule has 0 amide bonds. The average molecular weight is 277 g/mol. The molecule has 0 aliphatic carbocycles. The van der Waals surface area contributed by atoms with Gasteiger partial charge in [0.2, 0.25) is 0 Å². The molecule has 0 fully saturated rings. The molecule has 108 valence electrons. The van der Waals surface area contributed by atoms with Gasteiger partial charge in [-0.05, 0) is 43.5 Å². The van der Waals surface area contributed by atoms with E-state index in [2.05, 4.69) is 13.8 Å². The first-order valence-corrected chi connectivity index (χ1v) is 6.91. The van der Waals surface area contributed by atoms with Gasteiger partial charge in [0.25, 0.3) is 0 Å². The van der Waals surface area contributed by atoms with Crippen molar-refractivity contribution in [1.29, 1.82) is 0 Å². The van der Waals surface area contributed by atoms with Crippen LogP contribution >= 0.6 is 0 Å². The molecule has 1 heterocycles. The van der Waals surface area contributed by atoms with Crippen molar-refractivity contribution in [3.63, 3.8) is 0 Å². The van der Waals surface area contributed by atoms with Crippen LogP contribution in [0.1, 0.15) is 33.2 Å². The van der Waals surface area contributed by atoms with Gasteiger partial charge < -0.3 is 9.30 Å². The molecule has 1 atom stereocenters. The highest BCUT2D eigenvalue weighted by Gasteiger charge is 2.18. The standard InChI is InChI=1S/C16H20FNO2/c1-11(2)7-9-20-16(19)12(3)18-8-6-13-10-14(17)4-5-15(13)18/h4-6,8,10-12H,7,9H2,1-3H3. The zero-order valence-electron chi connectivity index (χ0n) is 12.1. The van der Waals surface area contributed by atoms with E-state index in [0.29, 0.717) is 12.5 Å². The fraction of sp³-hybridized carbons (Fsp3) is 0.438. The monoisotopic (exact) mass is 277 g/mol. The lowest BCUT2D eigenvalue weighted by Gasteiger charge is -2.15. The molecule has 2 rings (SSSR count). The Morgan fingerprint density at radius 2 is 2.05 bits per heavy atom. The summed E-state index contributed by atoms with van der Waals surface area (Å²) in [5.41, 5.74) is 0.833. The lowest BCUT2D eigenvalue weighted by atomic mass is 10.1. The molecule has 0 saturated carbocycles. The van der Waals surface area contributed by atoms with Crippen LogP contribution in [0.2, 0.25) is 0 Å². The van der Waals surface area contributed by atoms with Crippen LogP contribution in [-0.2, 0) is 9.53 Å². The van der Waals surface area contributed by atoms with E-state index in [1.165, 1.54) is 12.1 Å². The molecule has 1 unspecified atom stereocenters. The molecule has 0 saturated heterocycles. The molecular formula is C16H20FNO2. The number of carbonyl (C=O) groups is 1. The first kappa shape index (κ1) is 14.6. The summed E-state index contributed by atoms with van der Waals surface area (Å²) in [6.45, 7) is 6.41. The predicted molar refractivity (Wildman–Crippen MR) is 77.0 cm³/mol. The van der Waals surface area contributed by atoms with Gasteiger partial charge in [0.1, 0.15) is 11.9 Å². The minimum atomic E-state index is -0.412. The summed E-state index contributed by atoms with van der Waals surface area (Å²) in [5, 5.41) is 0.784. The number of ether oxygens (including phenoxy) is 1. The second kappa shape index (κ2) is 6.07. The average Bonchev–Trinajstić information content (AvgIpc) is 2.80. The Morgan fingerprint density at radius 3 is 2.75 bits per heavy atom. The summed E-state index contributed by atoms with van der Waals surface area (Å²) >= 11 is 0. The molecule has 2 aromatic rings. The van der Waals surface area contributed by atoms with Crippen LogP contribution in [-0.4, -0.2) is 17.1 Å². The Balaban J connectivity index is 2.10. The fourth-order valence-corrected chi connectivity index (χ4v) is 2.10. The number of hydrogen-bond donors (Lipinski definition) is 0. The maximum atomic E-state index is 13.1. The van der Waals surface area contributed by atoms with Crippen LogP contribution in [0.3, 0.4) is 0 Å². The maximum absolute atomic E-state index is 13.1. The number of esters is 1. The van der Waals surface area contributed by atoms with Crippen molar-refractivity contribution in [2.75, 3.05) is 6.61 Å². The van der Waals surface area contributed by atoms with Gasteiger partial charge in [-0.2, -0.15) is 0 Å². The molecule has 0 N–H and O–H groups in total. The smallest absolute Gasteiger partial charge is 0.328 e. The number of nitrogens with zero attached hydrogens (tertiary/aromatic N) is 1. The normalized spacial score (nSPS) is 12.8. The number of fused-ring (bicyclic) bond motifs is 1. The first-order valence-electron chi connectivity index (χ1n) is 6.91. The summed E-state index contributed by atoms with van der Waals surface area (Å²) in [4.78, 5) is 12.0. The van der Waals surface area contributed by atoms with E-state index in [1.807, 2.05) is 4.57 Å². The highest BCUT2D eigenvalue weighted by atomic mass is 19.1. The number of benzene rings is 1. The molecular weight excluding hydrogens is 257 g/mol. The first-order chi connectivity index (χ1) is 9.49. The molecule has 0 aliphatic heterocycles. The van der Waals surface area contributed by atoms with E-state index >= 15 is 0 Å². The van der Waals surface area contributed by atoms with Crippen molar-refractivity contribution in [2.24, 2.45) is 5.92 Å². The Morgan fingerprint density at radius 1 is 1.30 bits per heavy atom. The number of carbonyl (C=O) groups excluding carboxylic acids is 1. The summed E-state index contributed by atoms with van der Waals surface area (Å²) in [7, 11) is 0. The van der Waals surface area contributed by atoms with Crippen molar-refractivity contribution in [3.8, 4) is 0 Å². The highest BCUT2D eigenvalue weighted by Crippen LogP contribution is 2.22. The molecule has 20 heavy (non-hydrogen) atoms. The molecule has 0 bridgehead atoms. The van der Waals surface area contributed by atoms with Crippen molar-refractivity contribution in [2.45, 2.75) is 33.2 Å². The summed E-state index contributed by atoms with van der Waals surface area (Å²) in [5.74, 6) is -0.0247. The molecule has 0 spiro atoms. The van der Waals surface area contributed by atoms with Crippen molar-refractivity contribution in [1.82, 2.24) is 4.57 Å². The zero-order valence-corrected chi connectivity index (χ0v) is 12.1. The number of halogens is 1. The molecule has 3 nitrogen and oxygen atoms in total. The number of rotatable bonds is 5. The van der Waals surface area contributed by atoms with Gasteiger partial charge in [-0.15, -0.1) is 0 Å². The van der Waals surface area contributed by atoms with Crippen LogP contribution in [0.4, 0.5) is 4.39 Å². The van der Waals surface area contributed by atoms with Gasteiger partial charge >= 0.3 is 5.97 Å². The zero-order chi connectivity index (χ0) is 14.7. The minimum absolute atomic E-state index is 0.257. The second-order valence-electron chi connectivity index (χ2n) is 5.45. The Hall–Kier alpha value is -1.84. The second-order valence-corrected chi connectivity index (χ2v) is 5.45. The van der Waals surface area contributed by atoms with Gasteiger partial charge in [-0.25, -0.2) is 9.18 Å². The summed E-state index contributed by atoms with van der Waals surface area (Å²) in [6.07, 6.45) is 2.65. The van der Waals surface area contributed by atoms with Crippen LogP contribution in [0, 0.1) is 11.7 Å². The van der Waals surface area contributed by atoms with E-state index in [4.69, 9.17) is 4.74 Å². The Labute approximate surface area is 118 Å². The van der Waals surface area contributed by atoms with E-state index in [1.54, 1.807) is 25.3 Å². The largest absolute Gasteiger partial charge is 0.464 e. The van der Waals surface area contributed by atoms with Gasteiger partial charge in [0, 0.05) is 17.1 Å². The topological polar surface area (TPSA) is 31.2 Å². The van der Waals surface area contributed by atoms with Crippen LogP contribution in [0.15, 0.2) is 30.5 Å². The Kier molecular flexibility index (Phi) is 4.42. The quantitative estimate of drug-likeness (QED) is 0.775. The van der Waals surface area contributed by atoms with E-state index in [-0.39, 0.29) is 11.8 Å². The maximum Gasteiger partial charge on any atom is 0.328 e. The summed E-state index contributed by atoms with van der Waals surface area (Å²) in [6, 6.07) is 5.93. The molecule has 0 aliphatic rings. The van der Waals surface area contributed by atoms with Gasteiger partial charge in [-0.3, -0.25) is 0 Å². The molecule has 0 radical (unpaired) electrons. The van der Waals surface area contributed by atoms with E-state index < -0.39 is 6.04 Å². The van der Waals surface area contributed by atoms with Gasteiger partial charge in [0.05, 0.1) is 6.61 Å². The van der Waals surface area contributed by atoms with Crippen molar-refractivity contribution >= 4 is 16.9 Å². The molecule has 1 aromatic heterocycles. The van der Waals surface area contributed by atoms with Crippen molar-refractivity contribution in [3.05, 3.63) is 36.3 Å². The molecule has 1 aromatic carbocycles. The predicted octanol–water partition coefficient (Wildman–Crippen LogP) is 3.93. The SMILES string of the molecule is CC(C)CCOC(=O)C(C)n1ccc2cc(F)ccc21. The third kappa shape index (κ3) is 3.18. The van der Waals surface area contributed by atoms with Crippen molar-refractivity contribution < 1.29 is 13.9 Å². The third-order valence-corrected chi connectivity index (χ3v) is 3.38. The summed E-state index contributed by atoms with van der Waals surface area (Å²) < 4.78 is 20.2. The third-order valence-electron chi connectivity index (χ3n) is 3.38. The van der Waals surface area contributed by atoms with E-state index in [9.17, 15) is 9.18 Å².